The largest absolute Gasteiger partial charge is 0.338 e. The normalized spacial score (nSPS) is 17.2. The van der Waals surface area contributed by atoms with Crippen LogP contribution in [-0.4, -0.2) is 34.8 Å². The fraction of sp³-hybridized carbons (Fsp3) is 0.316. The number of rotatable bonds is 3. The first-order chi connectivity index (χ1) is 12.0. The fourth-order valence-electron chi connectivity index (χ4n) is 3.02. The zero-order valence-electron chi connectivity index (χ0n) is 14.0. The third kappa shape index (κ3) is 4.36. The van der Waals surface area contributed by atoms with E-state index in [-0.39, 0.29) is 17.7 Å². The van der Waals surface area contributed by atoms with Gasteiger partial charge in [-0.1, -0.05) is 18.2 Å². The van der Waals surface area contributed by atoms with Crippen LogP contribution in [0, 0.1) is 16.4 Å². The van der Waals surface area contributed by atoms with E-state index in [9.17, 15) is 9.59 Å². The van der Waals surface area contributed by atoms with Gasteiger partial charge in [-0.25, -0.2) is 4.98 Å². The van der Waals surface area contributed by atoms with E-state index < -0.39 is 0 Å². The van der Waals surface area contributed by atoms with E-state index in [4.69, 9.17) is 0 Å². The van der Waals surface area contributed by atoms with Crippen LogP contribution in [0.25, 0.3) is 0 Å². The van der Waals surface area contributed by atoms with E-state index in [0.29, 0.717) is 24.5 Å². The summed E-state index contributed by atoms with van der Waals surface area (Å²) in [6.45, 7) is 3.02. The van der Waals surface area contributed by atoms with Gasteiger partial charge in [0.2, 0.25) is 5.91 Å². The molecule has 130 valence electrons. The van der Waals surface area contributed by atoms with Gasteiger partial charge in [-0.05, 0) is 66.6 Å². The van der Waals surface area contributed by atoms with Crippen molar-refractivity contribution in [3.63, 3.8) is 0 Å². The van der Waals surface area contributed by atoms with Crippen molar-refractivity contribution >= 4 is 40.2 Å². The highest BCUT2D eigenvalue weighted by molar-refractivity contribution is 14.1. The number of pyridine rings is 1. The molecule has 1 saturated heterocycles. The van der Waals surface area contributed by atoms with Crippen LogP contribution in [-0.2, 0) is 4.79 Å². The van der Waals surface area contributed by atoms with Crippen LogP contribution in [0.4, 0.5) is 5.82 Å². The quantitative estimate of drug-likeness (QED) is 0.731. The Morgan fingerprint density at radius 2 is 2.00 bits per heavy atom. The maximum atomic E-state index is 12.8. The molecule has 1 N–H and O–H groups in total. The third-order valence-corrected chi connectivity index (χ3v) is 5.26. The van der Waals surface area contributed by atoms with Gasteiger partial charge < -0.3 is 10.2 Å². The monoisotopic (exact) mass is 449 g/mol. The molecule has 2 heterocycles. The summed E-state index contributed by atoms with van der Waals surface area (Å²) in [5.74, 6) is 0.280. The molecule has 6 heteroatoms. The molecule has 3 rings (SSSR count). The van der Waals surface area contributed by atoms with E-state index in [2.05, 4.69) is 32.9 Å². The van der Waals surface area contributed by atoms with Crippen molar-refractivity contribution in [3.8, 4) is 0 Å². The molecule has 0 radical (unpaired) electrons. The van der Waals surface area contributed by atoms with Crippen molar-refractivity contribution < 1.29 is 9.59 Å². The standard InChI is InChI=1S/C19H20IN3O2/c1-13-6-4-10-17(21-13)22-18(24)14-7-5-11-23(12-14)19(25)15-8-2-3-9-16(15)20/h2-4,6,8-10,14H,5,7,11-12H2,1H3,(H,21,22,24). The second-order valence-corrected chi connectivity index (χ2v) is 7.39. The lowest BCUT2D eigenvalue weighted by Gasteiger charge is -2.32. The summed E-state index contributed by atoms with van der Waals surface area (Å²) in [5, 5.41) is 2.87. The average molecular weight is 449 g/mol. The number of carbonyl (C=O) groups is 2. The number of nitrogens with zero attached hydrogens (tertiary/aromatic N) is 2. The summed E-state index contributed by atoms with van der Waals surface area (Å²) < 4.78 is 0.931. The zero-order valence-corrected chi connectivity index (χ0v) is 16.2. The minimum absolute atomic E-state index is 0.00354. The second kappa shape index (κ2) is 7.95. The number of carbonyl (C=O) groups excluding carboxylic acids is 2. The Labute approximate surface area is 161 Å². The summed E-state index contributed by atoms with van der Waals surface area (Å²) in [4.78, 5) is 31.4. The molecule has 0 spiro atoms. The van der Waals surface area contributed by atoms with Gasteiger partial charge >= 0.3 is 0 Å². The number of amides is 2. The van der Waals surface area contributed by atoms with Gasteiger partial charge in [-0.15, -0.1) is 0 Å². The minimum atomic E-state index is -0.207. The topological polar surface area (TPSA) is 62.3 Å². The fourth-order valence-corrected chi connectivity index (χ4v) is 3.64. The Kier molecular flexibility index (Phi) is 5.67. The second-order valence-electron chi connectivity index (χ2n) is 6.22. The van der Waals surface area contributed by atoms with Crippen molar-refractivity contribution in [2.24, 2.45) is 5.92 Å². The summed E-state index contributed by atoms with van der Waals surface area (Å²) in [5.41, 5.74) is 1.56. The number of aryl methyl sites for hydroxylation is 1. The Morgan fingerprint density at radius 1 is 1.20 bits per heavy atom. The first-order valence-corrected chi connectivity index (χ1v) is 9.41. The van der Waals surface area contributed by atoms with Gasteiger partial charge in [-0.2, -0.15) is 0 Å². The molecule has 0 bridgehead atoms. The Bertz CT molecular complexity index is 794. The molecule has 25 heavy (non-hydrogen) atoms. The molecule has 1 unspecified atom stereocenters. The number of piperidine rings is 1. The maximum absolute atomic E-state index is 12.8. The third-order valence-electron chi connectivity index (χ3n) is 4.32. The number of hydrogen-bond acceptors (Lipinski definition) is 3. The lowest BCUT2D eigenvalue weighted by molar-refractivity contribution is -0.121. The van der Waals surface area contributed by atoms with E-state index in [1.54, 1.807) is 11.0 Å². The molecule has 2 amide bonds. The van der Waals surface area contributed by atoms with Crippen LogP contribution in [0.3, 0.4) is 0 Å². The number of aromatic nitrogens is 1. The SMILES string of the molecule is Cc1cccc(NC(=O)C2CCCN(C(=O)c3ccccc3I)C2)n1. The Hall–Kier alpha value is -1.96. The smallest absolute Gasteiger partial charge is 0.254 e. The van der Waals surface area contributed by atoms with Crippen molar-refractivity contribution in [2.45, 2.75) is 19.8 Å². The lowest BCUT2D eigenvalue weighted by Crippen LogP contribution is -2.44. The van der Waals surface area contributed by atoms with Crippen molar-refractivity contribution in [3.05, 3.63) is 57.3 Å². The molecular weight excluding hydrogens is 429 g/mol. The highest BCUT2D eigenvalue weighted by Gasteiger charge is 2.29. The van der Waals surface area contributed by atoms with E-state index in [1.807, 2.05) is 43.3 Å². The number of anilines is 1. The predicted octanol–water partition coefficient (Wildman–Crippen LogP) is 3.49. The average Bonchev–Trinajstić information content (AvgIpc) is 2.62. The summed E-state index contributed by atoms with van der Waals surface area (Å²) in [6.07, 6.45) is 1.61. The molecule has 0 aliphatic carbocycles. The molecule has 1 aliphatic heterocycles. The van der Waals surface area contributed by atoms with Crippen LogP contribution in [0.2, 0.25) is 0 Å². The van der Waals surface area contributed by atoms with Gasteiger partial charge in [0.1, 0.15) is 5.82 Å². The van der Waals surface area contributed by atoms with Gasteiger partial charge in [0.25, 0.3) is 5.91 Å². The Balaban J connectivity index is 1.67. The first-order valence-electron chi connectivity index (χ1n) is 8.33. The van der Waals surface area contributed by atoms with Crippen molar-refractivity contribution in [1.29, 1.82) is 0 Å². The number of benzene rings is 1. The molecule has 1 fully saturated rings. The van der Waals surface area contributed by atoms with Gasteiger partial charge in [0.15, 0.2) is 0 Å². The summed E-state index contributed by atoms with van der Waals surface area (Å²) in [6, 6.07) is 13.1. The van der Waals surface area contributed by atoms with Crippen molar-refractivity contribution in [1.82, 2.24) is 9.88 Å². The molecule has 2 aromatic rings. The molecule has 1 aromatic carbocycles. The molecule has 5 nitrogen and oxygen atoms in total. The van der Waals surface area contributed by atoms with Crippen LogP contribution in [0.1, 0.15) is 28.9 Å². The predicted molar refractivity (Wildman–Crippen MR) is 105 cm³/mol. The molecule has 1 aliphatic rings. The zero-order chi connectivity index (χ0) is 17.8. The van der Waals surface area contributed by atoms with Crippen LogP contribution >= 0.6 is 22.6 Å². The van der Waals surface area contributed by atoms with Crippen molar-refractivity contribution in [2.75, 3.05) is 18.4 Å². The van der Waals surface area contributed by atoms with Crippen LogP contribution in [0.5, 0.6) is 0 Å². The molecule has 0 saturated carbocycles. The highest BCUT2D eigenvalue weighted by Crippen LogP contribution is 2.22. The molecule has 1 atom stereocenters. The number of likely N-dealkylation sites (tertiary alicyclic amines) is 1. The molecular formula is C19H20IN3O2. The number of hydrogen-bond donors (Lipinski definition) is 1. The van der Waals surface area contributed by atoms with Crippen LogP contribution < -0.4 is 5.32 Å². The summed E-state index contributed by atoms with van der Waals surface area (Å²) >= 11 is 2.17. The maximum Gasteiger partial charge on any atom is 0.254 e. The van der Waals surface area contributed by atoms with Gasteiger partial charge in [0, 0.05) is 22.4 Å². The van der Waals surface area contributed by atoms with Crippen LogP contribution in [0.15, 0.2) is 42.5 Å². The van der Waals surface area contributed by atoms with Gasteiger partial charge in [0.05, 0.1) is 11.5 Å². The number of nitrogens with one attached hydrogen (secondary N) is 1. The molecule has 1 aromatic heterocycles. The minimum Gasteiger partial charge on any atom is -0.338 e. The van der Waals surface area contributed by atoms with Gasteiger partial charge in [-0.3, -0.25) is 9.59 Å². The first kappa shape index (κ1) is 17.8. The van der Waals surface area contributed by atoms with E-state index >= 15 is 0 Å². The number of halogens is 1. The van der Waals surface area contributed by atoms with E-state index in [0.717, 1.165) is 22.1 Å². The summed E-state index contributed by atoms with van der Waals surface area (Å²) in [7, 11) is 0. The lowest BCUT2D eigenvalue weighted by atomic mass is 9.96. The van der Waals surface area contributed by atoms with E-state index in [1.165, 1.54) is 0 Å². The Morgan fingerprint density at radius 3 is 2.76 bits per heavy atom. The highest BCUT2D eigenvalue weighted by atomic mass is 127.